The molecule has 0 radical (unpaired) electrons. The van der Waals surface area contributed by atoms with E-state index >= 15 is 0 Å². The van der Waals surface area contributed by atoms with E-state index in [1.54, 1.807) is 0 Å². The summed E-state index contributed by atoms with van der Waals surface area (Å²) in [5.74, 6) is 0. The molecule has 2 rings (SSSR count). The molecule has 76 valence electrons. The van der Waals surface area contributed by atoms with Crippen LogP contribution in [-0.2, 0) is 0 Å². The van der Waals surface area contributed by atoms with Crippen LogP contribution >= 0.6 is 15.9 Å². The van der Waals surface area contributed by atoms with Crippen molar-refractivity contribution >= 4 is 27.3 Å². The molecule has 1 unspecified atom stereocenters. The third kappa shape index (κ3) is 1.73. The quantitative estimate of drug-likeness (QED) is 0.829. The molecule has 3 heteroatoms. The van der Waals surface area contributed by atoms with E-state index in [0.717, 1.165) is 11.0 Å². The van der Waals surface area contributed by atoms with E-state index in [1.807, 2.05) is 0 Å². The second-order valence-corrected chi connectivity index (χ2v) is 4.71. The summed E-state index contributed by atoms with van der Waals surface area (Å²) in [6.07, 6.45) is 1.17. The lowest BCUT2D eigenvalue weighted by Gasteiger charge is -2.34. The van der Waals surface area contributed by atoms with E-state index < -0.39 is 0 Å². The largest absolute Gasteiger partial charge is 0.379 e. The van der Waals surface area contributed by atoms with Crippen LogP contribution in [0.2, 0.25) is 0 Å². The lowest BCUT2D eigenvalue weighted by Crippen LogP contribution is -2.38. The topological polar surface area (TPSA) is 15.3 Å². The van der Waals surface area contributed by atoms with Gasteiger partial charge in [0.05, 0.1) is 11.4 Å². The summed E-state index contributed by atoms with van der Waals surface area (Å²) >= 11 is 3.50. The SMILES string of the molecule is CCC1CN(C)c2cc(Br)ccc2N1. The molecule has 2 nitrogen and oxygen atoms in total. The van der Waals surface area contributed by atoms with Gasteiger partial charge in [0, 0.05) is 24.1 Å². The van der Waals surface area contributed by atoms with Crippen LogP contribution in [0.5, 0.6) is 0 Å². The first kappa shape index (κ1) is 9.84. The molecule has 1 aromatic rings. The molecule has 1 aliphatic rings. The molecule has 0 fully saturated rings. The van der Waals surface area contributed by atoms with Crippen LogP contribution in [0.15, 0.2) is 22.7 Å². The monoisotopic (exact) mass is 254 g/mol. The normalized spacial score (nSPS) is 20.2. The molecule has 0 bridgehead atoms. The number of fused-ring (bicyclic) bond motifs is 1. The van der Waals surface area contributed by atoms with E-state index in [1.165, 1.54) is 17.8 Å². The summed E-state index contributed by atoms with van der Waals surface area (Å²) in [4.78, 5) is 2.31. The maximum absolute atomic E-state index is 3.54. The molecular weight excluding hydrogens is 240 g/mol. The summed E-state index contributed by atoms with van der Waals surface area (Å²) < 4.78 is 1.14. The standard InChI is InChI=1S/C11H15BrN2/c1-3-9-7-14(2)11-6-8(12)4-5-10(11)13-9/h4-6,9,13H,3,7H2,1-2H3. The Hall–Kier alpha value is -0.700. The maximum atomic E-state index is 3.54. The molecule has 1 aliphatic heterocycles. The molecule has 0 aromatic heterocycles. The highest BCUT2D eigenvalue weighted by atomic mass is 79.9. The number of likely N-dealkylation sites (N-methyl/N-ethyl adjacent to an activating group) is 1. The summed E-state index contributed by atoms with van der Waals surface area (Å²) in [7, 11) is 2.15. The van der Waals surface area contributed by atoms with E-state index in [2.05, 4.69) is 58.3 Å². The maximum Gasteiger partial charge on any atom is 0.0611 e. The number of anilines is 2. The fraction of sp³-hybridized carbons (Fsp3) is 0.455. The van der Waals surface area contributed by atoms with E-state index in [4.69, 9.17) is 0 Å². The first-order valence-electron chi connectivity index (χ1n) is 4.98. The molecule has 0 saturated carbocycles. The van der Waals surface area contributed by atoms with Crippen LogP contribution < -0.4 is 10.2 Å². The Labute approximate surface area is 93.4 Å². The van der Waals surface area contributed by atoms with Crippen molar-refractivity contribution in [2.75, 3.05) is 23.8 Å². The van der Waals surface area contributed by atoms with Gasteiger partial charge in [-0.3, -0.25) is 0 Å². The summed E-state index contributed by atoms with van der Waals surface area (Å²) in [6, 6.07) is 6.96. The summed E-state index contributed by atoms with van der Waals surface area (Å²) in [5.41, 5.74) is 2.53. The third-order valence-electron chi connectivity index (χ3n) is 2.72. The molecule has 1 heterocycles. The van der Waals surface area contributed by atoms with Crippen molar-refractivity contribution in [3.8, 4) is 0 Å². The Balaban J connectivity index is 2.35. The Kier molecular flexibility index (Phi) is 2.68. The molecule has 14 heavy (non-hydrogen) atoms. The minimum atomic E-state index is 0.577. The number of nitrogens with zero attached hydrogens (tertiary/aromatic N) is 1. The average molecular weight is 255 g/mol. The molecule has 1 aromatic carbocycles. The van der Waals surface area contributed by atoms with Gasteiger partial charge in [0.1, 0.15) is 0 Å². The van der Waals surface area contributed by atoms with Gasteiger partial charge < -0.3 is 10.2 Å². The molecular formula is C11H15BrN2. The predicted octanol–water partition coefficient (Wildman–Crippen LogP) is 3.09. The summed E-state index contributed by atoms with van der Waals surface area (Å²) in [5, 5.41) is 3.54. The first-order valence-corrected chi connectivity index (χ1v) is 5.77. The highest BCUT2D eigenvalue weighted by molar-refractivity contribution is 9.10. The number of hydrogen-bond donors (Lipinski definition) is 1. The van der Waals surface area contributed by atoms with Gasteiger partial charge in [0.2, 0.25) is 0 Å². The predicted molar refractivity (Wildman–Crippen MR) is 65.1 cm³/mol. The van der Waals surface area contributed by atoms with Gasteiger partial charge in [-0.25, -0.2) is 0 Å². The van der Waals surface area contributed by atoms with Crippen molar-refractivity contribution in [2.45, 2.75) is 19.4 Å². The van der Waals surface area contributed by atoms with Gasteiger partial charge in [-0.1, -0.05) is 22.9 Å². The number of halogens is 1. The molecule has 0 saturated heterocycles. The number of rotatable bonds is 1. The zero-order valence-corrected chi connectivity index (χ0v) is 10.1. The van der Waals surface area contributed by atoms with Gasteiger partial charge in [0.25, 0.3) is 0 Å². The Morgan fingerprint density at radius 2 is 2.36 bits per heavy atom. The van der Waals surface area contributed by atoms with Crippen LogP contribution in [0.4, 0.5) is 11.4 Å². The highest BCUT2D eigenvalue weighted by Gasteiger charge is 2.19. The van der Waals surface area contributed by atoms with Crippen LogP contribution in [0.1, 0.15) is 13.3 Å². The zero-order valence-electron chi connectivity index (χ0n) is 8.55. The van der Waals surface area contributed by atoms with Gasteiger partial charge in [-0.05, 0) is 24.6 Å². The molecule has 1 atom stereocenters. The minimum absolute atomic E-state index is 0.577. The van der Waals surface area contributed by atoms with Crippen molar-refractivity contribution in [3.05, 3.63) is 22.7 Å². The van der Waals surface area contributed by atoms with Crippen LogP contribution in [0, 0.1) is 0 Å². The molecule has 0 aliphatic carbocycles. The smallest absolute Gasteiger partial charge is 0.0611 e. The van der Waals surface area contributed by atoms with Crippen LogP contribution in [0.25, 0.3) is 0 Å². The van der Waals surface area contributed by atoms with Gasteiger partial charge in [0.15, 0.2) is 0 Å². The lowest BCUT2D eigenvalue weighted by molar-refractivity contribution is 0.662. The van der Waals surface area contributed by atoms with E-state index in [9.17, 15) is 0 Å². The minimum Gasteiger partial charge on any atom is -0.379 e. The highest BCUT2D eigenvalue weighted by Crippen LogP contribution is 2.32. The average Bonchev–Trinajstić information content (AvgIpc) is 2.19. The van der Waals surface area contributed by atoms with Gasteiger partial charge in [-0.2, -0.15) is 0 Å². The van der Waals surface area contributed by atoms with Crippen molar-refractivity contribution < 1.29 is 0 Å². The van der Waals surface area contributed by atoms with Gasteiger partial charge >= 0.3 is 0 Å². The number of nitrogens with one attached hydrogen (secondary N) is 1. The Bertz CT molecular complexity index is 338. The zero-order chi connectivity index (χ0) is 10.1. The number of benzene rings is 1. The Morgan fingerprint density at radius 3 is 3.07 bits per heavy atom. The van der Waals surface area contributed by atoms with Crippen molar-refractivity contribution in [2.24, 2.45) is 0 Å². The van der Waals surface area contributed by atoms with E-state index in [-0.39, 0.29) is 0 Å². The second-order valence-electron chi connectivity index (χ2n) is 3.79. The van der Waals surface area contributed by atoms with Gasteiger partial charge in [-0.15, -0.1) is 0 Å². The molecule has 0 amide bonds. The fourth-order valence-electron chi connectivity index (χ4n) is 1.87. The van der Waals surface area contributed by atoms with Crippen molar-refractivity contribution in [1.82, 2.24) is 0 Å². The molecule has 1 N–H and O–H groups in total. The molecule has 0 spiro atoms. The fourth-order valence-corrected chi connectivity index (χ4v) is 2.22. The van der Waals surface area contributed by atoms with Crippen molar-refractivity contribution in [1.29, 1.82) is 0 Å². The van der Waals surface area contributed by atoms with E-state index in [0.29, 0.717) is 6.04 Å². The Morgan fingerprint density at radius 1 is 1.57 bits per heavy atom. The first-order chi connectivity index (χ1) is 6.70. The third-order valence-corrected chi connectivity index (χ3v) is 3.21. The number of hydrogen-bond acceptors (Lipinski definition) is 2. The second kappa shape index (κ2) is 3.81. The summed E-state index contributed by atoms with van der Waals surface area (Å²) in [6.45, 7) is 3.30. The van der Waals surface area contributed by atoms with Crippen molar-refractivity contribution in [3.63, 3.8) is 0 Å². The lowest BCUT2D eigenvalue weighted by atomic mass is 10.1. The van der Waals surface area contributed by atoms with Crippen LogP contribution in [0.3, 0.4) is 0 Å². The van der Waals surface area contributed by atoms with Crippen LogP contribution in [-0.4, -0.2) is 19.6 Å².